The van der Waals surface area contributed by atoms with Gasteiger partial charge >= 0.3 is 0 Å². The lowest BCUT2D eigenvalue weighted by Crippen LogP contribution is -2.33. The molecule has 0 bridgehead atoms. The van der Waals surface area contributed by atoms with E-state index in [2.05, 4.69) is 36.9 Å². The van der Waals surface area contributed by atoms with Crippen molar-refractivity contribution in [3.63, 3.8) is 0 Å². The third-order valence-electron chi connectivity index (χ3n) is 3.17. The van der Waals surface area contributed by atoms with Gasteiger partial charge in [0.2, 0.25) is 0 Å². The van der Waals surface area contributed by atoms with Crippen LogP contribution >= 0.6 is 0 Å². The lowest BCUT2D eigenvalue weighted by molar-refractivity contribution is 0.311. The van der Waals surface area contributed by atoms with Gasteiger partial charge in [-0.05, 0) is 33.9 Å². The Hall–Kier alpha value is 0.137. The van der Waals surface area contributed by atoms with E-state index in [9.17, 15) is 0 Å². The Morgan fingerprint density at radius 3 is 2.33 bits per heavy atom. The van der Waals surface area contributed by atoms with Crippen molar-refractivity contribution in [1.82, 2.24) is 9.13 Å². The van der Waals surface area contributed by atoms with Crippen molar-refractivity contribution in [2.45, 2.75) is 45.7 Å². The SMILES string of the molecule is CCCCN1[SiH2]N(C)C(C)C1C. The summed E-state index contributed by atoms with van der Waals surface area (Å²) in [5.41, 5.74) is 0. The van der Waals surface area contributed by atoms with Gasteiger partial charge in [-0.3, -0.25) is 0 Å². The summed E-state index contributed by atoms with van der Waals surface area (Å²) in [5, 5.41) is 0. The van der Waals surface area contributed by atoms with Crippen molar-refractivity contribution in [3.8, 4) is 0 Å². The zero-order valence-electron chi connectivity index (χ0n) is 8.88. The standard InChI is InChI=1S/C9H22N2Si/c1-5-6-7-11-9(3)8(2)10(4)12-11/h8-9H,5-7,12H2,1-4H3. The first-order valence-electron chi connectivity index (χ1n) is 5.11. The number of nitrogens with zero attached hydrogens (tertiary/aromatic N) is 2. The summed E-state index contributed by atoms with van der Waals surface area (Å²) in [6.07, 6.45) is 2.70. The van der Waals surface area contributed by atoms with Gasteiger partial charge in [-0.2, -0.15) is 0 Å². The highest BCUT2D eigenvalue weighted by molar-refractivity contribution is 6.29. The molecule has 2 atom stereocenters. The molecule has 0 saturated carbocycles. The fraction of sp³-hybridized carbons (Fsp3) is 1.00. The van der Waals surface area contributed by atoms with Crippen LogP contribution in [0.25, 0.3) is 0 Å². The molecule has 0 aliphatic carbocycles. The molecule has 0 radical (unpaired) electrons. The maximum absolute atomic E-state index is 2.72. The average Bonchev–Trinajstić information content (AvgIpc) is 2.30. The van der Waals surface area contributed by atoms with Crippen LogP contribution < -0.4 is 0 Å². The van der Waals surface area contributed by atoms with Gasteiger partial charge in [0.15, 0.2) is 9.84 Å². The molecule has 1 aliphatic heterocycles. The summed E-state index contributed by atoms with van der Waals surface area (Å²) < 4.78 is 5.29. The van der Waals surface area contributed by atoms with Crippen LogP contribution in [0.4, 0.5) is 0 Å². The molecule has 0 aromatic carbocycles. The molecule has 0 N–H and O–H groups in total. The predicted octanol–water partition coefficient (Wildman–Crippen LogP) is 0.810. The van der Waals surface area contributed by atoms with E-state index in [4.69, 9.17) is 0 Å². The Kier molecular flexibility index (Phi) is 3.74. The Balaban J connectivity index is 2.36. The molecule has 1 aliphatic rings. The molecule has 12 heavy (non-hydrogen) atoms. The molecule has 0 amide bonds. The van der Waals surface area contributed by atoms with Crippen molar-refractivity contribution >= 4 is 9.84 Å². The summed E-state index contributed by atoms with van der Waals surface area (Å²) >= 11 is 0. The summed E-state index contributed by atoms with van der Waals surface area (Å²) in [4.78, 5) is 0. The van der Waals surface area contributed by atoms with E-state index in [-0.39, 0.29) is 9.84 Å². The van der Waals surface area contributed by atoms with Crippen molar-refractivity contribution in [2.75, 3.05) is 13.6 Å². The van der Waals surface area contributed by atoms with Crippen molar-refractivity contribution < 1.29 is 0 Å². The molecule has 1 fully saturated rings. The maximum atomic E-state index is 2.72. The quantitative estimate of drug-likeness (QED) is 0.602. The van der Waals surface area contributed by atoms with E-state index in [1.54, 1.807) is 0 Å². The smallest absolute Gasteiger partial charge is 0.173 e. The minimum Gasteiger partial charge on any atom is -0.315 e. The largest absolute Gasteiger partial charge is 0.315 e. The van der Waals surface area contributed by atoms with Gasteiger partial charge in [0.1, 0.15) is 0 Å². The van der Waals surface area contributed by atoms with Crippen LogP contribution in [0, 0.1) is 0 Å². The zero-order valence-corrected chi connectivity index (χ0v) is 10.3. The minimum atomic E-state index is -0.0670. The lowest BCUT2D eigenvalue weighted by Gasteiger charge is -2.21. The molecule has 3 heteroatoms. The Bertz CT molecular complexity index is 140. The summed E-state index contributed by atoms with van der Waals surface area (Å²) in [6, 6.07) is 1.58. The zero-order chi connectivity index (χ0) is 9.14. The maximum Gasteiger partial charge on any atom is 0.173 e. The van der Waals surface area contributed by atoms with Crippen LogP contribution in [0.15, 0.2) is 0 Å². The van der Waals surface area contributed by atoms with E-state index in [1.165, 1.54) is 19.4 Å². The second-order valence-electron chi connectivity index (χ2n) is 4.05. The predicted molar refractivity (Wildman–Crippen MR) is 56.8 cm³/mol. The number of hydrogen-bond donors (Lipinski definition) is 0. The average molecular weight is 186 g/mol. The van der Waals surface area contributed by atoms with Crippen LogP contribution in [0.5, 0.6) is 0 Å². The van der Waals surface area contributed by atoms with Crippen LogP contribution in [-0.2, 0) is 0 Å². The van der Waals surface area contributed by atoms with Crippen molar-refractivity contribution in [2.24, 2.45) is 0 Å². The van der Waals surface area contributed by atoms with E-state index < -0.39 is 0 Å². The van der Waals surface area contributed by atoms with E-state index >= 15 is 0 Å². The van der Waals surface area contributed by atoms with Gasteiger partial charge in [0.25, 0.3) is 0 Å². The normalized spacial score (nSPS) is 35.0. The van der Waals surface area contributed by atoms with Crippen molar-refractivity contribution in [1.29, 1.82) is 0 Å². The van der Waals surface area contributed by atoms with Crippen molar-refractivity contribution in [3.05, 3.63) is 0 Å². The third-order valence-corrected chi connectivity index (χ3v) is 5.45. The molecular weight excluding hydrogens is 164 g/mol. The second kappa shape index (κ2) is 4.39. The molecule has 0 aromatic rings. The molecule has 1 rings (SSSR count). The second-order valence-corrected chi connectivity index (χ2v) is 6.14. The third kappa shape index (κ3) is 2.09. The highest BCUT2D eigenvalue weighted by Crippen LogP contribution is 2.16. The highest BCUT2D eigenvalue weighted by Gasteiger charge is 2.30. The first-order valence-corrected chi connectivity index (χ1v) is 6.37. The number of hydrogen-bond acceptors (Lipinski definition) is 2. The topological polar surface area (TPSA) is 6.48 Å². The van der Waals surface area contributed by atoms with Crippen LogP contribution in [-0.4, -0.2) is 44.6 Å². The van der Waals surface area contributed by atoms with E-state index in [1.807, 2.05) is 0 Å². The van der Waals surface area contributed by atoms with E-state index in [0.717, 1.165) is 12.1 Å². The minimum absolute atomic E-state index is 0.0670. The van der Waals surface area contributed by atoms with E-state index in [0.29, 0.717) is 0 Å². The lowest BCUT2D eigenvalue weighted by atomic mass is 10.1. The van der Waals surface area contributed by atoms with Crippen LogP contribution in [0.3, 0.4) is 0 Å². The molecule has 0 spiro atoms. The Morgan fingerprint density at radius 2 is 1.92 bits per heavy atom. The highest BCUT2D eigenvalue weighted by atomic mass is 28.2. The fourth-order valence-electron chi connectivity index (χ4n) is 1.85. The van der Waals surface area contributed by atoms with Crippen LogP contribution in [0.1, 0.15) is 33.6 Å². The Labute approximate surface area is 78.9 Å². The van der Waals surface area contributed by atoms with Gasteiger partial charge in [0, 0.05) is 12.1 Å². The summed E-state index contributed by atoms with van der Waals surface area (Å²) in [5.74, 6) is 0. The summed E-state index contributed by atoms with van der Waals surface area (Å²) in [6.45, 7) is 8.33. The first-order chi connectivity index (χ1) is 5.66. The number of likely N-dealkylation sites (N-methyl/N-ethyl adjacent to an activating group) is 1. The summed E-state index contributed by atoms with van der Waals surface area (Å²) in [7, 11) is 2.21. The molecule has 0 aromatic heterocycles. The first kappa shape index (κ1) is 10.2. The molecule has 2 unspecified atom stereocenters. The fourth-order valence-corrected chi connectivity index (χ4v) is 3.92. The van der Waals surface area contributed by atoms with Gasteiger partial charge in [-0.1, -0.05) is 13.3 Å². The Morgan fingerprint density at radius 1 is 1.25 bits per heavy atom. The number of rotatable bonds is 3. The molecule has 1 heterocycles. The number of unbranched alkanes of at least 4 members (excludes halogenated alkanes) is 1. The van der Waals surface area contributed by atoms with Gasteiger partial charge in [0.05, 0.1) is 0 Å². The van der Waals surface area contributed by atoms with Gasteiger partial charge in [-0.15, -0.1) is 0 Å². The monoisotopic (exact) mass is 186 g/mol. The molecule has 1 saturated heterocycles. The van der Waals surface area contributed by atoms with Crippen LogP contribution in [0.2, 0.25) is 0 Å². The molecule has 2 nitrogen and oxygen atoms in total. The van der Waals surface area contributed by atoms with Gasteiger partial charge in [-0.25, -0.2) is 0 Å². The molecule has 72 valence electrons. The molecular formula is C9H22N2Si. The van der Waals surface area contributed by atoms with Gasteiger partial charge < -0.3 is 9.13 Å².